The van der Waals surface area contributed by atoms with Crippen molar-refractivity contribution >= 4 is 16.8 Å². The van der Waals surface area contributed by atoms with Gasteiger partial charge < -0.3 is 10.3 Å². The van der Waals surface area contributed by atoms with Crippen molar-refractivity contribution in [2.75, 3.05) is 6.54 Å². The summed E-state index contributed by atoms with van der Waals surface area (Å²) in [6, 6.07) is 4.19. The number of rotatable bonds is 2. The number of carbonyl (C=O) groups excluding carboxylic acids is 1. The highest BCUT2D eigenvalue weighted by atomic mass is 16.1. The molecule has 2 N–H and O–H groups in total. The van der Waals surface area contributed by atoms with E-state index in [4.69, 9.17) is 0 Å². The van der Waals surface area contributed by atoms with Crippen LogP contribution in [-0.4, -0.2) is 17.4 Å². The maximum absolute atomic E-state index is 12.0. The Balaban J connectivity index is 2.70. The minimum absolute atomic E-state index is 0.00116. The summed E-state index contributed by atoms with van der Waals surface area (Å²) in [6.45, 7) is 8.64. The molecule has 0 aliphatic heterocycles. The second-order valence-corrected chi connectivity index (χ2v) is 4.49. The van der Waals surface area contributed by atoms with Crippen molar-refractivity contribution in [1.29, 1.82) is 0 Å². The van der Waals surface area contributed by atoms with Gasteiger partial charge in [0, 0.05) is 23.1 Å². The van der Waals surface area contributed by atoms with Crippen LogP contribution in [0.3, 0.4) is 0 Å². The Hall–Kier alpha value is -1.77. The first-order valence-electron chi connectivity index (χ1n) is 5.92. The van der Waals surface area contributed by atoms with Crippen molar-refractivity contribution in [1.82, 2.24) is 10.3 Å². The molecule has 1 aromatic heterocycles. The van der Waals surface area contributed by atoms with E-state index in [1.165, 1.54) is 11.1 Å². The van der Waals surface area contributed by atoms with E-state index in [0.29, 0.717) is 6.54 Å². The van der Waals surface area contributed by atoms with Crippen molar-refractivity contribution in [3.05, 3.63) is 34.5 Å². The summed E-state index contributed by atoms with van der Waals surface area (Å²) in [5.74, 6) is 0.00116. The third-order valence-electron chi connectivity index (χ3n) is 3.00. The Morgan fingerprint density at radius 3 is 2.65 bits per heavy atom. The van der Waals surface area contributed by atoms with Crippen LogP contribution in [0.4, 0.5) is 0 Å². The summed E-state index contributed by atoms with van der Waals surface area (Å²) in [4.78, 5) is 15.3. The Kier molecular flexibility index (Phi) is 2.92. The van der Waals surface area contributed by atoms with E-state index in [1.807, 2.05) is 13.8 Å². The number of fused-ring (bicyclic) bond motifs is 1. The molecule has 1 heterocycles. The third kappa shape index (κ3) is 1.93. The third-order valence-corrected chi connectivity index (χ3v) is 3.00. The summed E-state index contributed by atoms with van der Waals surface area (Å²) in [5.41, 5.74) is 5.13. The van der Waals surface area contributed by atoms with Gasteiger partial charge in [-0.2, -0.15) is 0 Å². The van der Waals surface area contributed by atoms with Gasteiger partial charge >= 0.3 is 0 Å². The van der Waals surface area contributed by atoms with Crippen LogP contribution in [0.1, 0.15) is 34.1 Å². The molecule has 3 nitrogen and oxygen atoms in total. The SMILES string of the molecule is CCNC(=O)c1c(C)[nH]c2c(C)cc(C)cc12. The van der Waals surface area contributed by atoms with Crippen molar-refractivity contribution in [3.8, 4) is 0 Å². The second-order valence-electron chi connectivity index (χ2n) is 4.49. The van der Waals surface area contributed by atoms with E-state index in [-0.39, 0.29) is 5.91 Å². The monoisotopic (exact) mass is 230 g/mol. The number of aromatic amines is 1. The molecule has 0 unspecified atom stereocenters. The summed E-state index contributed by atoms with van der Waals surface area (Å²) in [7, 11) is 0. The van der Waals surface area contributed by atoms with Crippen molar-refractivity contribution in [3.63, 3.8) is 0 Å². The van der Waals surface area contributed by atoms with E-state index in [2.05, 4.69) is 36.3 Å². The molecule has 1 amide bonds. The molecule has 0 saturated carbocycles. The van der Waals surface area contributed by atoms with Gasteiger partial charge in [-0.15, -0.1) is 0 Å². The molecule has 0 aliphatic rings. The molecule has 0 spiro atoms. The average molecular weight is 230 g/mol. The van der Waals surface area contributed by atoms with Gasteiger partial charge in [-0.1, -0.05) is 11.6 Å². The lowest BCUT2D eigenvalue weighted by molar-refractivity contribution is 0.0957. The normalized spacial score (nSPS) is 10.8. The van der Waals surface area contributed by atoms with Crippen LogP contribution in [-0.2, 0) is 0 Å². The van der Waals surface area contributed by atoms with Crippen molar-refractivity contribution in [2.24, 2.45) is 0 Å². The van der Waals surface area contributed by atoms with Gasteiger partial charge in [0.1, 0.15) is 0 Å². The second kappa shape index (κ2) is 4.24. The molecular formula is C14H18N2O. The minimum Gasteiger partial charge on any atom is -0.358 e. The fourth-order valence-corrected chi connectivity index (χ4v) is 2.32. The van der Waals surface area contributed by atoms with Gasteiger partial charge in [-0.05, 0) is 39.3 Å². The molecule has 1 aromatic carbocycles. The molecule has 0 saturated heterocycles. The van der Waals surface area contributed by atoms with E-state index in [0.717, 1.165) is 22.2 Å². The Labute approximate surface area is 101 Å². The molecule has 0 radical (unpaired) electrons. The van der Waals surface area contributed by atoms with Crippen LogP contribution in [0.25, 0.3) is 10.9 Å². The number of carbonyl (C=O) groups is 1. The van der Waals surface area contributed by atoms with Crippen LogP contribution in [0.15, 0.2) is 12.1 Å². The highest BCUT2D eigenvalue weighted by molar-refractivity contribution is 6.08. The van der Waals surface area contributed by atoms with Crippen LogP contribution in [0.2, 0.25) is 0 Å². The molecule has 2 aromatic rings. The Bertz CT molecular complexity index is 581. The lowest BCUT2D eigenvalue weighted by Gasteiger charge is -2.03. The summed E-state index contributed by atoms with van der Waals surface area (Å²) < 4.78 is 0. The maximum Gasteiger partial charge on any atom is 0.253 e. The summed E-state index contributed by atoms with van der Waals surface area (Å²) >= 11 is 0. The van der Waals surface area contributed by atoms with Crippen LogP contribution >= 0.6 is 0 Å². The maximum atomic E-state index is 12.0. The lowest BCUT2D eigenvalue weighted by Crippen LogP contribution is -2.23. The summed E-state index contributed by atoms with van der Waals surface area (Å²) in [6.07, 6.45) is 0. The number of aryl methyl sites for hydroxylation is 3. The zero-order valence-electron chi connectivity index (χ0n) is 10.8. The first-order chi connectivity index (χ1) is 8.04. The molecule has 0 bridgehead atoms. The number of benzene rings is 1. The van der Waals surface area contributed by atoms with Gasteiger partial charge in [0.15, 0.2) is 0 Å². The van der Waals surface area contributed by atoms with Crippen LogP contribution in [0, 0.1) is 20.8 Å². The molecule has 2 rings (SSSR count). The topological polar surface area (TPSA) is 44.9 Å². The molecule has 3 heteroatoms. The number of H-pyrrole nitrogens is 1. The molecule has 90 valence electrons. The summed E-state index contributed by atoms with van der Waals surface area (Å²) in [5, 5.41) is 3.88. The van der Waals surface area contributed by atoms with E-state index in [9.17, 15) is 4.79 Å². The van der Waals surface area contributed by atoms with Crippen LogP contribution in [0.5, 0.6) is 0 Å². The highest BCUT2D eigenvalue weighted by Crippen LogP contribution is 2.26. The zero-order valence-corrected chi connectivity index (χ0v) is 10.8. The number of hydrogen-bond donors (Lipinski definition) is 2. The molecule has 17 heavy (non-hydrogen) atoms. The first-order valence-corrected chi connectivity index (χ1v) is 5.92. The lowest BCUT2D eigenvalue weighted by atomic mass is 10.0. The molecule has 0 fully saturated rings. The van der Waals surface area contributed by atoms with E-state index < -0.39 is 0 Å². The predicted octanol–water partition coefficient (Wildman–Crippen LogP) is 2.84. The molecule has 0 atom stereocenters. The van der Waals surface area contributed by atoms with Gasteiger partial charge in [-0.25, -0.2) is 0 Å². The van der Waals surface area contributed by atoms with Gasteiger partial charge in [0.05, 0.1) is 5.56 Å². The standard InChI is InChI=1S/C14H18N2O/c1-5-15-14(17)12-10(4)16-13-9(3)6-8(2)7-11(12)13/h6-7,16H,5H2,1-4H3,(H,15,17). The number of nitrogens with one attached hydrogen (secondary N) is 2. The highest BCUT2D eigenvalue weighted by Gasteiger charge is 2.16. The Morgan fingerprint density at radius 1 is 1.29 bits per heavy atom. The molecular weight excluding hydrogens is 212 g/mol. The van der Waals surface area contributed by atoms with Crippen molar-refractivity contribution in [2.45, 2.75) is 27.7 Å². The fourth-order valence-electron chi connectivity index (χ4n) is 2.32. The smallest absolute Gasteiger partial charge is 0.253 e. The van der Waals surface area contributed by atoms with Crippen LogP contribution < -0.4 is 5.32 Å². The average Bonchev–Trinajstić information content (AvgIpc) is 2.55. The van der Waals surface area contributed by atoms with Gasteiger partial charge in [-0.3, -0.25) is 4.79 Å². The van der Waals surface area contributed by atoms with E-state index in [1.54, 1.807) is 0 Å². The number of aromatic nitrogens is 1. The largest absolute Gasteiger partial charge is 0.358 e. The van der Waals surface area contributed by atoms with Crippen molar-refractivity contribution < 1.29 is 4.79 Å². The number of hydrogen-bond acceptors (Lipinski definition) is 1. The fraction of sp³-hybridized carbons (Fsp3) is 0.357. The quantitative estimate of drug-likeness (QED) is 0.818. The van der Waals surface area contributed by atoms with E-state index >= 15 is 0 Å². The predicted molar refractivity (Wildman–Crippen MR) is 70.5 cm³/mol. The number of amides is 1. The first kappa shape index (κ1) is 11.7. The molecule has 0 aliphatic carbocycles. The van der Waals surface area contributed by atoms with Gasteiger partial charge in [0.25, 0.3) is 5.91 Å². The zero-order chi connectivity index (χ0) is 12.6. The minimum atomic E-state index is 0.00116. The Morgan fingerprint density at radius 2 is 2.00 bits per heavy atom. The van der Waals surface area contributed by atoms with Gasteiger partial charge in [0.2, 0.25) is 0 Å².